The molecule has 5 heteroatoms. The van der Waals surface area contributed by atoms with Crippen molar-refractivity contribution in [1.82, 2.24) is 5.32 Å². The molecule has 0 saturated carbocycles. The normalized spacial score (nSPS) is 18.6. The number of amides is 1. The molecule has 1 saturated heterocycles. The molecule has 0 aliphatic carbocycles. The molecule has 19 heavy (non-hydrogen) atoms. The van der Waals surface area contributed by atoms with Crippen LogP contribution in [0.2, 0.25) is 5.02 Å². The van der Waals surface area contributed by atoms with Gasteiger partial charge in [0, 0.05) is 6.04 Å². The van der Waals surface area contributed by atoms with E-state index in [-0.39, 0.29) is 0 Å². The summed E-state index contributed by atoms with van der Waals surface area (Å²) in [5.74, 6) is 0. The van der Waals surface area contributed by atoms with E-state index >= 15 is 0 Å². The van der Waals surface area contributed by atoms with Crippen LogP contribution in [0, 0.1) is 0 Å². The lowest BCUT2D eigenvalue weighted by molar-refractivity contribution is 0.0636. The van der Waals surface area contributed by atoms with Crippen molar-refractivity contribution in [2.45, 2.75) is 38.8 Å². The minimum absolute atomic E-state index is 0.358. The second-order valence-electron chi connectivity index (χ2n) is 5.66. The van der Waals surface area contributed by atoms with E-state index in [9.17, 15) is 4.79 Å². The smallest absolute Gasteiger partial charge is 0.412 e. The van der Waals surface area contributed by atoms with Gasteiger partial charge in [-0.2, -0.15) is 0 Å². The third-order valence-corrected chi connectivity index (χ3v) is 3.18. The Kier molecular flexibility index (Phi) is 4.02. The second-order valence-corrected chi connectivity index (χ2v) is 6.07. The molecule has 1 fully saturated rings. The van der Waals surface area contributed by atoms with Crippen molar-refractivity contribution in [3.63, 3.8) is 0 Å². The SMILES string of the molecule is CC(C)(C)OC(=O)Nc1cc(C2CCN2)ccc1Cl. The van der Waals surface area contributed by atoms with Crippen LogP contribution in [-0.4, -0.2) is 18.2 Å². The predicted octanol–water partition coefficient (Wildman–Crippen LogP) is 3.72. The maximum atomic E-state index is 11.7. The first-order valence-corrected chi connectivity index (χ1v) is 6.76. The Morgan fingerprint density at radius 3 is 2.68 bits per heavy atom. The topological polar surface area (TPSA) is 50.4 Å². The predicted molar refractivity (Wildman–Crippen MR) is 76.7 cm³/mol. The molecule has 1 aromatic rings. The third-order valence-electron chi connectivity index (χ3n) is 2.85. The van der Waals surface area contributed by atoms with Crippen LogP contribution in [0.3, 0.4) is 0 Å². The van der Waals surface area contributed by atoms with Gasteiger partial charge in [-0.1, -0.05) is 17.7 Å². The quantitative estimate of drug-likeness (QED) is 0.869. The van der Waals surface area contributed by atoms with Gasteiger partial charge in [-0.15, -0.1) is 0 Å². The Balaban J connectivity index is 2.08. The van der Waals surface area contributed by atoms with Crippen molar-refractivity contribution in [3.05, 3.63) is 28.8 Å². The van der Waals surface area contributed by atoms with Gasteiger partial charge in [0.15, 0.2) is 0 Å². The molecule has 1 aliphatic heterocycles. The van der Waals surface area contributed by atoms with E-state index in [2.05, 4.69) is 10.6 Å². The number of hydrogen-bond acceptors (Lipinski definition) is 3. The lowest BCUT2D eigenvalue weighted by Crippen LogP contribution is -2.35. The van der Waals surface area contributed by atoms with Crippen molar-refractivity contribution in [3.8, 4) is 0 Å². The van der Waals surface area contributed by atoms with E-state index in [1.165, 1.54) is 0 Å². The largest absolute Gasteiger partial charge is 0.444 e. The molecule has 0 spiro atoms. The van der Waals surface area contributed by atoms with Crippen LogP contribution in [0.1, 0.15) is 38.8 Å². The van der Waals surface area contributed by atoms with Gasteiger partial charge < -0.3 is 10.1 Å². The number of halogens is 1. The van der Waals surface area contributed by atoms with Crippen molar-refractivity contribution in [1.29, 1.82) is 0 Å². The lowest BCUT2D eigenvalue weighted by Gasteiger charge is -2.28. The Labute approximate surface area is 118 Å². The van der Waals surface area contributed by atoms with Crippen LogP contribution in [0.5, 0.6) is 0 Å². The highest BCUT2D eigenvalue weighted by atomic mass is 35.5. The van der Waals surface area contributed by atoms with E-state index in [0.29, 0.717) is 16.8 Å². The molecule has 1 aliphatic rings. The van der Waals surface area contributed by atoms with E-state index in [4.69, 9.17) is 16.3 Å². The van der Waals surface area contributed by atoms with Gasteiger partial charge >= 0.3 is 6.09 Å². The fourth-order valence-electron chi connectivity index (χ4n) is 1.84. The summed E-state index contributed by atoms with van der Waals surface area (Å²) in [5, 5.41) is 6.51. The summed E-state index contributed by atoms with van der Waals surface area (Å²) in [6.45, 7) is 6.50. The van der Waals surface area contributed by atoms with Gasteiger partial charge in [-0.05, 0) is 51.4 Å². The highest BCUT2D eigenvalue weighted by molar-refractivity contribution is 6.33. The molecule has 1 atom stereocenters. The van der Waals surface area contributed by atoms with Crippen molar-refractivity contribution < 1.29 is 9.53 Å². The molecular weight excluding hydrogens is 264 g/mol. The fourth-order valence-corrected chi connectivity index (χ4v) is 2.01. The minimum atomic E-state index is -0.524. The highest BCUT2D eigenvalue weighted by Gasteiger charge is 2.21. The number of rotatable bonds is 2. The minimum Gasteiger partial charge on any atom is -0.444 e. The standard InChI is InChI=1S/C14H19ClN2O2/c1-14(2,3)19-13(18)17-12-8-9(4-5-10(12)15)11-6-7-16-11/h4-5,8,11,16H,6-7H2,1-3H3,(H,17,18). The molecule has 104 valence electrons. The first-order chi connectivity index (χ1) is 8.85. The number of nitrogens with one attached hydrogen (secondary N) is 2. The number of hydrogen-bond donors (Lipinski definition) is 2. The van der Waals surface area contributed by atoms with Gasteiger partial charge in [0.1, 0.15) is 5.60 Å². The average molecular weight is 283 g/mol. The molecule has 1 aromatic carbocycles. The summed E-state index contributed by atoms with van der Waals surface area (Å²) in [6, 6.07) is 6.02. The fraction of sp³-hybridized carbons (Fsp3) is 0.500. The van der Waals surface area contributed by atoms with Gasteiger partial charge in [0.25, 0.3) is 0 Å². The number of anilines is 1. The van der Waals surface area contributed by atoms with Crippen LogP contribution in [0.4, 0.5) is 10.5 Å². The van der Waals surface area contributed by atoms with E-state index in [1.807, 2.05) is 32.9 Å². The molecule has 0 aromatic heterocycles. The Bertz CT molecular complexity index is 479. The summed E-state index contributed by atoms with van der Waals surface area (Å²) < 4.78 is 5.21. The number of benzene rings is 1. The molecule has 0 radical (unpaired) electrons. The van der Waals surface area contributed by atoms with E-state index in [1.54, 1.807) is 6.07 Å². The molecule has 1 amide bonds. The molecule has 4 nitrogen and oxygen atoms in total. The number of carbonyl (C=O) groups excluding carboxylic acids is 1. The van der Waals surface area contributed by atoms with Gasteiger partial charge in [-0.3, -0.25) is 5.32 Å². The molecule has 0 bridgehead atoms. The van der Waals surface area contributed by atoms with Gasteiger partial charge in [0.05, 0.1) is 10.7 Å². The number of carbonyl (C=O) groups is 1. The van der Waals surface area contributed by atoms with E-state index in [0.717, 1.165) is 18.5 Å². The van der Waals surface area contributed by atoms with Crippen LogP contribution in [-0.2, 0) is 4.74 Å². The first kappa shape index (κ1) is 14.2. The number of ether oxygens (including phenoxy) is 1. The van der Waals surface area contributed by atoms with Crippen LogP contribution >= 0.6 is 11.6 Å². The summed E-state index contributed by atoms with van der Waals surface area (Å²) in [7, 11) is 0. The second kappa shape index (κ2) is 5.39. The maximum Gasteiger partial charge on any atom is 0.412 e. The van der Waals surface area contributed by atoms with Gasteiger partial charge in [0.2, 0.25) is 0 Å². The zero-order valence-electron chi connectivity index (χ0n) is 11.4. The summed E-state index contributed by atoms with van der Waals surface area (Å²) >= 11 is 6.09. The molecular formula is C14H19ClN2O2. The highest BCUT2D eigenvalue weighted by Crippen LogP contribution is 2.30. The third kappa shape index (κ3) is 3.85. The maximum absolute atomic E-state index is 11.7. The van der Waals surface area contributed by atoms with Crippen LogP contribution < -0.4 is 10.6 Å². The Morgan fingerprint density at radius 1 is 1.47 bits per heavy atom. The zero-order chi connectivity index (χ0) is 14.0. The van der Waals surface area contributed by atoms with Crippen molar-refractivity contribution in [2.24, 2.45) is 0 Å². The average Bonchev–Trinajstić information content (AvgIpc) is 2.17. The van der Waals surface area contributed by atoms with E-state index < -0.39 is 11.7 Å². The summed E-state index contributed by atoms with van der Waals surface area (Å²) in [5.41, 5.74) is 1.19. The summed E-state index contributed by atoms with van der Waals surface area (Å²) in [4.78, 5) is 11.7. The van der Waals surface area contributed by atoms with Crippen LogP contribution in [0.15, 0.2) is 18.2 Å². The van der Waals surface area contributed by atoms with Crippen molar-refractivity contribution in [2.75, 3.05) is 11.9 Å². The molecule has 2 N–H and O–H groups in total. The van der Waals surface area contributed by atoms with Crippen LogP contribution in [0.25, 0.3) is 0 Å². The monoisotopic (exact) mass is 282 g/mol. The van der Waals surface area contributed by atoms with Gasteiger partial charge in [-0.25, -0.2) is 4.79 Å². The Hall–Kier alpha value is -1.26. The Morgan fingerprint density at radius 2 is 2.16 bits per heavy atom. The lowest BCUT2D eigenvalue weighted by atomic mass is 9.98. The zero-order valence-corrected chi connectivity index (χ0v) is 12.2. The molecule has 1 unspecified atom stereocenters. The molecule has 1 heterocycles. The summed E-state index contributed by atoms with van der Waals surface area (Å²) in [6.07, 6.45) is 0.612. The van der Waals surface area contributed by atoms with Crippen molar-refractivity contribution >= 4 is 23.4 Å². The first-order valence-electron chi connectivity index (χ1n) is 6.38. The molecule has 2 rings (SSSR count).